The highest BCUT2D eigenvalue weighted by molar-refractivity contribution is 5.14. The van der Waals surface area contributed by atoms with Crippen LogP contribution in [-0.4, -0.2) is 49.2 Å². The van der Waals surface area contributed by atoms with Crippen LogP contribution in [0.25, 0.3) is 0 Å². The predicted octanol–water partition coefficient (Wildman–Crippen LogP) is 2.76. The first-order valence-electron chi connectivity index (χ1n) is 10.6. The van der Waals surface area contributed by atoms with Crippen LogP contribution in [0.1, 0.15) is 64.2 Å². The van der Waals surface area contributed by atoms with Gasteiger partial charge in [0.25, 0.3) is 0 Å². The van der Waals surface area contributed by atoms with Crippen molar-refractivity contribution in [2.45, 2.75) is 82.3 Å². The molecule has 0 unspecified atom stereocenters. The third kappa shape index (κ3) is 2.41. The summed E-state index contributed by atoms with van der Waals surface area (Å²) in [5, 5.41) is 8.04. The molecule has 5 rings (SSSR count). The molecule has 2 bridgehead atoms. The molecule has 6 atom stereocenters. The van der Waals surface area contributed by atoms with E-state index in [-0.39, 0.29) is 0 Å². The molecular formula is C20H35N3. The van der Waals surface area contributed by atoms with Crippen LogP contribution in [0.4, 0.5) is 0 Å². The molecule has 5 fully saturated rings. The van der Waals surface area contributed by atoms with E-state index >= 15 is 0 Å². The number of piperidine rings is 4. The van der Waals surface area contributed by atoms with Gasteiger partial charge in [-0.05, 0) is 82.8 Å². The van der Waals surface area contributed by atoms with Gasteiger partial charge < -0.3 is 10.6 Å². The van der Waals surface area contributed by atoms with Gasteiger partial charge in [0.05, 0.1) is 0 Å². The van der Waals surface area contributed by atoms with E-state index in [0.717, 1.165) is 30.0 Å². The summed E-state index contributed by atoms with van der Waals surface area (Å²) in [5.74, 6) is 1.96. The normalized spacial score (nSPS) is 50.9. The topological polar surface area (TPSA) is 27.3 Å². The van der Waals surface area contributed by atoms with Gasteiger partial charge in [0, 0.05) is 30.1 Å². The Morgan fingerprint density at radius 3 is 2.65 bits per heavy atom. The molecule has 0 aromatic heterocycles. The highest BCUT2D eigenvalue weighted by Gasteiger charge is 2.58. The van der Waals surface area contributed by atoms with E-state index in [1.807, 2.05) is 0 Å². The number of hydrogen-bond acceptors (Lipinski definition) is 3. The van der Waals surface area contributed by atoms with Crippen LogP contribution in [0, 0.1) is 17.3 Å². The van der Waals surface area contributed by atoms with E-state index in [1.54, 1.807) is 0 Å². The van der Waals surface area contributed by atoms with Crippen LogP contribution < -0.4 is 10.6 Å². The maximum atomic E-state index is 4.04. The van der Waals surface area contributed by atoms with Crippen LogP contribution in [0.3, 0.4) is 0 Å². The first kappa shape index (κ1) is 15.2. The molecule has 3 nitrogen and oxygen atoms in total. The lowest BCUT2D eigenvalue weighted by molar-refractivity contribution is -0.117. The smallest absolute Gasteiger partial charge is 0.0179 e. The average molecular weight is 318 g/mol. The van der Waals surface area contributed by atoms with E-state index in [4.69, 9.17) is 0 Å². The number of hydrogen-bond donors (Lipinski definition) is 2. The summed E-state index contributed by atoms with van der Waals surface area (Å²) in [5.41, 5.74) is 0.530. The molecule has 1 saturated carbocycles. The van der Waals surface area contributed by atoms with Crippen molar-refractivity contribution >= 4 is 0 Å². The standard InChI is InChI=1S/C20H35N3/c1-3-9-21-18(8-1)20-13-16(12-15-6-5-10-22-19(15)20)17-7-2-4-11-23(17)14-20/h15-19,21-22H,1-14H2/t15-,16-,17+,18+,19+,20-/m0/s1. The van der Waals surface area contributed by atoms with Crippen molar-refractivity contribution < 1.29 is 0 Å². The molecule has 3 heteroatoms. The molecule has 23 heavy (non-hydrogen) atoms. The van der Waals surface area contributed by atoms with Crippen molar-refractivity contribution in [1.29, 1.82) is 0 Å². The van der Waals surface area contributed by atoms with E-state index in [1.165, 1.54) is 90.4 Å². The van der Waals surface area contributed by atoms with Crippen LogP contribution in [0.15, 0.2) is 0 Å². The second-order valence-electron chi connectivity index (χ2n) is 9.30. The maximum Gasteiger partial charge on any atom is 0.0179 e. The summed E-state index contributed by atoms with van der Waals surface area (Å²) in [6.45, 7) is 5.30. The maximum absolute atomic E-state index is 4.04. The van der Waals surface area contributed by atoms with Gasteiger partial charge in [0.2, 0.25) is 0 Å². The summed E-state index contributed by atoms with van der Waals surface area (Å²) in [7, 11) is 0. The molecule has 0 spiro atoms. The highest BCUT2D eigenvalue weighted by atomic mass is 15.2. The Hall–Kier alpha value is -0.120. The molecule has 0 amide bonds. The molecule has 4 saturated heterocycles. The van der Waals surface area contributed by atoms with Gasteiger partial charge in [-0.3, -0.25) is 4.90 Å². The van der Waals surface area contributed by atoms with Crippen molar-refractivity contribution in [3.63, 3.8) is 0 Å². The summed E-state index contributed by atoms with van der Waals surface area (Å²) >= 11 is 0. The molecule has 130 valence electrons. The van der Waals surface area contributed by atoms with Gasteiger partial charge in [0.1, 0.15) is 0 Å². The van der Waals surface area contributed by atoms with Crippen molar-refractivity contribution in [3.05, 3.63) is 0 Å². The van der Waals surface area contributed by atoms with Gasteiger partial charge in [-0.1, -0.05) is 12.8 Å². The fraction of sp³-hybridized carbons (Fsp3) is 1.00. The molecule has 5 aliphatic rings. The zero-order chi connectivity index (χ0) is 15.3. The largest absolute Gasteiger partial charge is 0.313 e. The third-order valence-corrected chi connectivity index (χ3v) is 8.16. The molecule has 0 radical (unpaired) electrons. The average Bonchev–Trinajstić information content (AvgIpc) is 2.63. The van der Waals surface area contributed by atoms with Gasteiger partial charge in [-0.2, -0.15) is 0 Å². The number of nitrogens with one attached hydrogen (secondary N) is 2. The Kier molecular flexibility index (Phi) is 3.95. The number of nitrogens with zero attached hydrogens (tertiary/aromatic N) is 1. The van der Waals surface area contributed by atoms with E-state index in [9.17, 15) is 0 Å². The van der Waals surface area contributed by atoms with Gasteiger partial charge in [-0.25, -0.2) is 0 Å². The third-order valence-electron chi connectivity index (χ3n) is 8.16. The molecule has 4 heterocycles. The fourth-order valence-electron chi connectivity index (χ4n) is 7.36. The lowest BCUT2D eigenvalue weighted by Crippen LogP contribution is -2.72. The Labute approximate surface area is 142 Å². The van der Waals surface area contributed by atoms with Crippen molar-refractivity contribution in [3.8, 4) is 0 Å². The summed E-state index contributed by atoms with van der Waals surface area (Å²) in [6.07, 6.45) is 14.6. The summed E-state index contributed by atoms with van der Waals surface area (Å²) < 4.78 is 0. The van der Waals surface area contributed by atoms with Gasteiger partial charge in [-0.15, -0.1) is 0 Å². The SMILES string of the molecule is C1CC[C@H]([C@@]23C[C@H](C[C@@H]4CCCN[C@H]42)[C@H]2CCCCN2C3)NC1. The fourth-order valence-corrected chi connectivity index (χ4v) is 7.36. The molecule has 0 aromatic rings. The Morgan fingerprint density at radius 1 is 0.826 bits per heavy atom. The minimum absolute atomic E-state index is 0.530. The van der Waals surface area contributed by atoms with Crippen LogP contribution in [0.2, 0.25) is 0 Å². The van der Waals surface area contributed by atoms with E-state index in [0.29, 0.717) is 5.41 Å². The van der Waals surface area contributed by atoms with E-state index < -0.39 is 0 Å². The minimum atomic E-state index is 0.530. The van der Waals surface area contributed by atoms with Crippen molar-refractivity contribution in [1.82, 2.24) is 15.5 Å². The zero-order valence-corrected chi connectivity index (χ0v) is 14.7. The minimum Gasteiger partial charge on any atom is -0.313 e. The summed E-state index contributed by atoms with van der Waals surface area (Å²) in [6, 6.07) is 2.51. The molecule has 1 aliphatic carbocycles. The molecule has 4 aliphatic heterocycles. The Bertz CT molecular complexity index is 431. The Balaban J connectivity index is 1.50. The van der Waals surface area contributed by atoms with Crippen LogP contribution in [0.5, 0.6) is 0 Å². The number of rotatable bonds is 1. The Morgan fingerprint density at radius 2 is 1.74 bits per heavy atom. The first-order valence-corrected chi connectivity index (χ1v) is 10.6. The number of fused-ring (bicyclic) bond motifs is 6. The van der Waals surface area contributed by atoms with Gasteiger partial charge >= 0.3 is 0 Å². The second kappa shape index (κ2) is 6.00. The lowest BCUT2D eigenvalue weighted by Gasteiger charge is -2.64. The first-order chi connectivity index (χ1) is 11.4. The lowest BCUT2D eigenvalue weighted by atomic mass is 9.52. The predicted molar refractivity (Wildman–Crippen MR) is 94.5 cm³/mol. The monoisotopic (exact) mass is 317 g/mol. The van der Waals surface area contributed by atoms with E-state index in [2.05, 4.69) is 15.5 Å². The highest BCUT2D eigenvalue weighted by Crippen LogP contribution is 2.55. The van der Waals surface area contributed by atoms with Crippen molar-refractivity contribution in [2.24, 2.45) is 17.3 Å². The molecule has 2 N–H and O–H groups in total. The van der Waals surface area contributed by atoms with Crippen LogP contribution in [-0.2, 0) is 0 Å². The van der Waals surface area contributed by atoms with Crippen molar-refractivity contribution in [2.75, 3.05) is 26.2 Å². The van der Waals surface area contributed by atoms with Crippen LogP contribution >= 0.6 is 0 Å². The zero-order valence-electron chi connectivity index (χ0n) is 14.7. The molecular weight excluding hydrogens is 282 g/mol. The van der Waals surface area contributed by atoms with Gasteiger partial charge in [0.15, 0.2) is 0 Å². The quantitative estimate of drug-likeness (QED) is 0.779. The second-order valence-corrected chi connectivity index (χ2v) is 9.30. The molecule has 0 aromatic carbocycles. The summed E-state index contributed by atoms with van der Waals surface area (Å²) in [4.78, 5) is 2.94.